The normalized spacial score (nSPS) is 28.1. The van der Waals surface area contributed by atoms with Crippen molar-refractivity contribution in [1.82, 2.24) is 4.98 Å². The van der Waals surface area contributed by atoms with Gasteiger partial charge in [-0.15, -0.1) is 0 Å². The third-order valence-corrected chi connectivity index (χ3v) is 3.41. The van der Waals surface area contributed by atoms with E-state index >= 15 is 0 Å². The first-order valence-corrected chi connectivity index (χ1v) is 6.25. The summed E-state index contributed by atoms with van der Waals surface area (Å²) in [7, 11) is 0. The SMILES string of the molecule is CCNc1cccc(NC2(C)CCOC2C)n1. The molecule has 2 heterocycles. The van der Waals surface area contributed by atoms with Crippen LogP contribution in [0.5, 0.6) is 0 Å². The van der Waals surface area contributed by atoms with Gasteiger partial charge in [0.15, 0.2) is 0 Å². The Labute approximate surface area is 103 Å². The van der Waals surface area contributed by atoms with Crippen LogP contribution in [0.15, 0.2) is 18.2 Å². The Bertz CT molecular complexity index is 383. The Kier molecular flexibility index (Phi) is 3.52. The molecule has 94 valence electrons. The molecule has 17 heavy (non-hydrogen) atoms. The maximum Gasteiger partial charge on any atom is 0.128 e. The molecule has 0 bridgehead atoms. The third-order valence-electron chi connectivity index (χ3n) is 3.41. The van der Waals surface area contributed by atoms with Crippen molar-refractivity contribution in [2.24, 2.45) is 0 Å². The average Bonchev–Trinajstić information content (AvgIpc) is 2.60. The lowest BCUT2D eigenvalue weighted by Crippen LogP contribution is -2.41. The van der Waals surface area contributed by atoms with Crippen LogP contribution in [-0.4, -0.2) is 29.8 Å². The molecule has 4 heteroatoms. The molecule has 0 aromatic carbocycles. The van der Waals surface area contributed by atoms with Gasteiger partial charge in [-0.2, -0.15) is 0 Å². The summed E-state index contributed by atoms with van der Waals surface area (Å²) in [6, 6.07) is 5.99. The summed E-state index contributed by atoms with van der Waals surface area (Å²) in [5.41, 5.74) is -0.0160. The zero-order chi connectivity index (χ0) is 12.3. The highest BCUT2D eigenvalue weighted by molar-refractivity contribution is 5.46. The van der Waals surface area contributed by atoms with Crippen LogP contribution < -0.4 is 10.6 Å². The van der Waals surface area contributed by atoms with Gasteiger partial charge in [0, 0.05) is 13.2 Å². The molecule has 1 aliphatic heterocycles. The number of rotatable bonds is 4. The first kappa shape index (κ1) is 12.2. The van der Waals surface area contributed by atoms with E-state index in [9.17, 15) is 0 Å². The molecule has 2 unspecified atom stereocenters. The number of aromatic nitrogens is 1. The molecule has 4 nitrogen and oxygen atoms in total. The number of nitrogens with zero attached hydrogens (tertiary/aromatic N) is 1. The number of ether oxygens (including phenoxy) is 1. The molecule has 0 aliphatic carbocycles. The summed E-state index contributed by atoms with van der Waals surface area (Å²) in [4.78, 5) is 4.53. The zero-order valence-electron chi connectivity index (χ0n) is 10.8. The predicted molar refractivity (Wildman–Crippen MR) is 70.5 cm³/mol. The molecule has 1 saturated heterocycles. The van der Waals surface area contributed by atoms with Crippen molar-refractivity contribution in [3.63, 3.8) is 0 Å². The van der Waals surface area contributed by atoms with Gasteiger partial charge in [-0.3, -0.25) is 0 Å². The average molecular weight is 235 g/mol. The highest BCUT2D eigenvalue weighted by atomic mass is 16.5. The van der Waals surface area contributed by atoms with Gasteiger partial charge >= 0.3 is 0 Å². The Morgan fingerprint density at radius 3 is 2.88 bits per heavy atom. The van der Waals surface area contributed by atoms with E-state index in [1.165, 1.54) is 0 Å². The molecule has 0 spiro atoms. The van der Waals surface area contributed by atoms with Crippen LogP contribution in [0.2, 0.25) is 0 Å². The van der Waals surface area contributed by atoms with E-state index in [2.05, 4.69) is 36.4 Å². The van der Waals surface area contributed by atoms with Gasteiger partial charge in [0.1, 0.15) is 11.6 Å². The molecule has 1 aliphatic rings. The van der Waals surface area contributed by atoms with Crippen molar-refractivity contribution in [3.8, 4) is 0 Å². The van der Waals surface area contributed by atoms with Gasteiger partial charge in [-0.25, -0.2) is 4.98 Å². The fraction of sp³-hybridized carbons (Fsp3) is 0.615. The van der Waals surface area contributed by atoms with Crippen LogP contribution in [0, 0.1) is 0 Å². The molecular formula is C13H21N3O. The minimum Gasteiger partial charge on any atom is -0.376 e. The van der Waals surface area contributed by atoms with Gasteiger partial charge in [0.25, 0.3) is 0 Å². The van der Waals surface area contributed by atoms with Gasteiger partial charge in [0.05, 0.1) is 11.6 Å². The van der Waals surface area contributed by atoms with Crippen LogP contribution in [0.4, 0.5) is 11.6 Å². The highest BCUT2D eigenvalue weighted by Gasteiger charge is 2.37. The lowest BCUT2D eigenvalue weighted by Gasteiger charge is -2.29. The van der Waals surface area contributed by atoms with Crippen LogP contribution in [0.3, 0.4) is 0 Å². The van der Waals surface area contributed by atoms with E-state index in [1.807, 2.05) is 18.2 Å². The monoisotopic (exact) mass is 235 g/mol. The molecule has 1 aromatic heterocycles. The summed E-state index contributed by atoms with van der Waals surface area (Å²) in [6.07, 6.45) is 1.23. The number of hydrogen-bond acceptors (Lipinski definition) is 4. The molecule has 0 radical (unpaired) electrons. The van der Waals surface area contributed by atoms with Crippen LogP contribution in [0.25, 0.3) is 0 Å². The summed E-state index contributed by atoms with van der Waals surface area (Å²) in [6.45, 7) is 8.06. The van der Waals surface area contributed by atoms with E-state index in [-0.39, 0.29) is 11.6 Å². The van der Waals surface area contributed by atoms with Crippen molar-refractivity contribution < 1.29 is 4.74 Å². The van der Waals surface area contributed by atoms with Crippen molar-refractivity contribution in [2.45, 2.75) is 38.8 Å². The second-order valence-electron chi connectivity index (χ2n) is 4.74. The number of pyridine rings is 1. The predicted octanol–water partition coefficient (Wildman–Crippen LogP) is 2.49. The summed E-state index contributed by atoms with van der Waals surface area (Å²) >= 11 is 0. The van der Waals surface area contributed by atoms with Crippen LogP contribution in [0.1, 0.15) is 27.2 Å². The zero-order valence-corrected chi connectivity index (χ0v) is 10.8. The Balaban J connectivity index is 2.10. The number of anilines is 2. The largest absolute Gasteiger partial charge is 0.376 e. The molecule has 2 atom stereocenters. The highest BCUT2D eigenvalue weighted by Crippen LogP contribution is 2.29. The Morgan fingerprint density at radius 2 is 2.24 bits per heavy atom. The molecular weight excluding hydrogens is 214 g/mol. The van der Waals surface area contributed by atoms with Crippen molar-refractivity contribution in [2.75, 3.05) is 23.8 Å². The summed E-state index contributed by atoms with van der Waals surface area (Å²) < 4.78 is 5.61. The number of nitrogens with one attached hydrogen (secondary N) is 2. The Morgan fingerprint density at radius 1 is 1.47 bits per heavy atom. The molecule has 1 aromatic rings. The fourth-order valence-electron chi connectivity index (χ4n) is 2.08. The van der Waals surface area contributed by atoms with Gasteiger partial charge < -0.3 is 15.4 Å². The van der Waals surface area contributed by atoms with E-state index in [4.69, 9.17) is 4.74 Å². The standard InChI is InChI=1S/C13H21N3O/c1-4-14-11-6-5-7-12(15-11)16-13(3)8-9-17-10(13)2/h5-7,10H,4,8-9H2,1-3H3,(H2,14,15,16). The second-order valence-corrected chi connectivity index (χ2v) is 4.74. The second kappa shape index (κ2) is 4.92. The van der Waals surface area contributed by atoms with Crippen LogP contribution in [-0.2, 0) is 4.74 Å². The smallest absolute Gasteiger partial charge is 0.128 e. The van der Waals surface area contributed by atoms with Crippen molar-refractivity contribution >= 4 is 11.6 Å². The third kappa shape index (κ3) is 2.69. The van der Waals surface area contributed by atoms with Gasteiger partial charge in [0.2, 0.25) is 0 Å². The molecule has 1 fully saturated rings. The first-order chi connectivity index (χ1) is 8.14. The first-order valence-electron chi connectivity index (χ1n) is 6.25. The van der Waals surface area contributed by atoms with Gasteiger partial charge in [-0.1, -0.05) is 6.07 Å². The Hall–Kier alpha value is -1.29. The molecule has 2 rings (SSSR count). The maximum absolute atomic E-state index is 5.61. The lowest BCUT2D eigenvalue weighted by atomic mass is 9.95. The van der Waals surface area contributed by atoms with Crippen molar-refractivity contribution in [3.05, 3.63) is 18.2 Å². The maximum atomic E-state index is 5.61. The topological polar surface area (TPSA) is 46.2 Å². The minimum atomic E-state index is -0.0160. The van der Waals surface area contributed by atoms with Crippen molar-refractivity contribution in [1.29, 1.82) is 0 Å². The minimum absolute atomic E-state index is 0.0160. The quantitative estimate of drug-likeness (QED) is 0.841. The summed E-state index contributed by atoms with van der Waals surface area (Å²) in [5, 5.41) is 6.70. The molecule has 2 N–H and O–H groups in total. The van der Waals surface area contributed by atoms with E-state index in [0.29, 0.717) is 0 Å². The number of hydrogen-bond donors (Lipinski definition) is 2. The van der Waals surface area contributed by atoms with E-state index < -0.39 is 0 Å². The molecule has 0 amide bonds. The van der Waals surface area contributed by atoms with Crippen LogP contribution >= 0.6 is 0 Å². The summed E-state index contributed by atoms with van der Waals surface area (Å²) in [5.74, 6) is 1.82. The molecule has 0 saturated carbocycles. The van der Waals surface area contributed by atoms with E-state index in [1.54, 1.807) is 0 Å². The lowest BCUT2D eigenvalue weighted by molar-refractivity contribution is 0.105. The fourth-order valence-corrected chi connectivity index (χ4v) is 2.08. The van der Waals surface area contributed by atoms with Gasteiger partial charge in [-0.05, 0) is 39.3 Å². The van der Waals surface area contributed by atoms with E-state index in [0.717, 1.165) is 31.2 Å².